The van der Waals surface area contributed by atoms with Gasteiger partial charge in [0.1, 0.15) is 11.6 Å². The number of carbonyl (C=O) groups excluding carboxylic acids is 1. The van der Waals surface area contributed by atoms with Crippen LogP contribution >= 0.6 is 15.9 Å². The standard InChI is InChI=1S/C30H21BrFN3O2/c31-23-10-15-28-27(16-23)26(21-4-2-1-3-5-21)17-29(34-28)22-8-13-25(14-9-22)37-19-30(36)35-33-18-20-6-11-24(32)12-7-20/h1-18H,19H2,(H,35,36). The first-order valence-electron chi connectivity index (χ1n) is 11.5. The zero-order chi connectivity index (χ0) is 25.6. The van der Waals surface area contributed by atoms with Gasteiger partial charge in [0.15, 0.2) is 6.61 Å². The van der Waals surface area contributed by atoms with E-state index in [4.69, 9.17) is 9.72 Å². The third-order valence-corrected chi connectivity index (χ3v) is 6.14. The van der Waals surface area contributed by atoms with Crippen LogP contribution in [0.2, 0.25) is 0 Å². The number of amides is 1. The summed E-state index contributed by atoms with van der Waals surface area (Å²) in [5.74, 6) is -0.186. The predicted octanol–water partition coefficient (Wildman–Crippen LogP) is 7.00. The number of benzene rings is 4. The van der Waals surface area contributed by atoms with Crippen LogP contribution < -0.4 is 10.2 Å². The van der Waals surface area contributed by atoms with E-state index in [0.717, 1.165) is 37.8 Å². The summed E-state index contributed by atoms with van der Waals surface area (Å²) in [7, 11) is 0. The molecule has 1 heterocycles. The lowest BCUT2D eigenvalue weighted by Gasteiger charge is -2.11. The van der Waals surface area contributed by atoms with Crippen LogP contribution in [0.3, 0.4) is 0 Å². The molecule has 5 nitrogen and oxygen atoms in total. The first-order chi connectivity index (χ1) is 18.0. The maximum Gasteiger partial charge on any atom is 0.277 e. The number of hydrogen-bond acceptors (Lipinski definition) is 4. The van der Waals surface area contributed by atoms with Crippen molar-refractivity contribution in [2.75, 3.05) is 6.61 Å². The Morgan fingerprint density at radius 1 is 0.919 bits per heavy atom. The Balaban J connectivity index is 1.28. The summed E-state index contributed by atoms with van der Waals surface area (Å²) in [6.45, 7) is -0.193. The minimum atomic E-state index is -0.405. The van der Waals surface area contributed by atoms with E-state index in [9.17, 15) is 9.18 Å². The number of hydrogen-bond donors (Lipinski definition) is 1. The Morgan fingerprint density at radius 3 is 2.43 bits per heavy atom. The Morgan fingerprint density at radius 2 is 1.68 bits per heavy atom. The normalized spacial score (nSPS) is 11.1. The fourth-order valence-corrected chi connectivity index (χ4v) is 4.19. The summed E-state index contributed by atoms with van der Waals surface area (Å²) >= 11 is 3.57. The Bertz CT molecular complexity index is 1570. The highest BCUT2D eigenvalue weighted by molar-refractivity contribution is 9.10. The zero-order valence-corrected chi connectivity index (χ0v) is 21.2. The smallest absolute Gasteiger partial charge is 0.277 e. The third kappa shape index (κ3) is 6.08. The molecular weight excluding hydrogens is 533 g/mol. The van der Waals surface area contributed by atoms with Gasteiger partial charge < -0.3 is 4.74 Å². The van der Waals surface area contributed by atoms with E-state index in [1.54, 1.807) is 24.3 Å². The molecule has 5 aromatic rings. The zero-order valence-electron chi connectivity index (χ0n) is 19.6. The second-order valence-electron chi connectivity index (χ2n) is 8.24. The summed E-state index contributed by atoms with van der Waals surface area (Å²) in [5, 5.41) is 4.93. The van der Waals surface area contributed by atoms with Crippen molar-refractivity contribution in [2.24, 2.45) is 5.10 Å². The maximum absolute atomic E-state index is 12.9. The Kier molecular flexibility index (Phi) is 7.33. The molecule has 1 N–H and O–H groups in total. The molecule has 0 unspecified atom stereocenters. The van der Waals surface area contributed by atoms with E-state index in [2.05, 4.69) is 50.7 Å². The highest BCUT2D eigenvalue weighted by Gasteiger charge is 2.11. The van der Waals surface area contributed by atoms with E-state index in [0.29, 0.717) is 11.3 Å². The molecule has 37 heavy (non-hydrogen) atoms. The molecule has 5 rings (SSSR count). The van der Waals surface area contributed by atoms with Crippen molar-refractivity contribution in [3.63, 3.8) is 0 Å². The number of carbonyl (C=O) groups is 1. The lowest BCUT2D eigenvalue weighted by atomic mass is 9.98. The quantitative estimate of drug-likeness (QED) is 0.174. The van der Waals surface area contributed by atoms with Crippen molar-refractivity contribution >= 4 is 39.0 Å². The lowest BCUT2D eigenvalue weighted by molar-refractivity contribution is -0.123. The van der Waals surface area contributed by atoms with Gasteiger partial charge in [-0.05, 0) is 77.4 Å². The molecule has 0 aliphatic rings. The molecule has 7 heteroatoms. The van der Waals surface area contributed by atoms with Crippen molar-refractivity contribution in [1.82, 2.24) is 10.4 Å². The van der Waals surface area contributed by atoms with Crippen molar-refractivity contribution in [3.05, 3.63) is 119 Å². The van der Waals surface area contributed by atoms with Crippen molar-refractivity contribution in [1.29, 1.82) is 0 Å². The molecular formula is C30H21BrFN3O2. The number of halogens is 2. The first-order valence-corrected chi connectivity index (χ1v) is 12.3. The SMILES string of the molecule is O=C(COc1ccc(-c2cc(-c3ccccc3)c3cc(Br)ccc3n2)cc1)NN=Cc1ccc(F)cc1. The van der Waals surface area contributed by atoms with E-state index in [-0.39, 0.29) is 12.4 Å². The summed E-state index contributed by atoms with van der Waals surface area (Å²) in [6.07, 6.45) is 1.44. The molecule has 0 saturated carbocycles. The second-order valence-corrected chi connectivity index (χ2v) is 9.16. The predicted molar refractivity (Wildman–Crippen MR) is 148 cm³/mol. The van der Waals surface area contributed by atoms with Crippen LogP contribution in [0.1, 0.15) is 5.56 Å². The van der Waals surface area contributed by atoms with Gasteiger partial charge in [0.05, 0.1) is 17.4 Å². The van der Waals surface area contributed by atoms with Crippen LogP contribution in [0, 0.1) is 5.82 Å². The number of aromatic nitrogens is 1. The van der Waals surface area contributed by atoms with Gasteiger partial charge in [-0.2, -0.15) is 5.10 Å². The summed E-state index contributed by atoms with van der Waals surface area (Å²) in [4.78, 5) is 16.9. The molecule has 0 spiro atoms. The van der Waals surface area contributed by atoms with Gasteiger partial charge >= 0.3 is 0 Å². The number of ether oxygens (including phenoxy) is 1. The van der Waals surface area contributed by atoms with Crippen LogP contribution in [0.5, 0.6) is 5.75 Å². The van der Waals surface area contributed by atoms with E-state index < -0.39 is 5.91 Å². The highest BCUT2D eigenvalue weighted by Crippen LogP contribution is 2.34. The maximum atomic E-state index is 12.9. The molecule has 0 fully saturated rings. The fourth-order valence-electron chi connectivity index (χ4n) is 3.83. The van der Waals surface area contributed by atoms with Crippen molar-refractivity contribution < 1.29 is 13.9 Å². The molecule has 0 radical (unpaired) electrons. The van der Waals surface area contributed by atoms with Crippen LogP contribution in [-0.4, -0.2) is 23.7 Å². The fraction of sp³-hybridized carbons (Fsp3) is 0.0333. The van der Waals surface area contributed by atoms with Gasteiger partial charge in [0, 0.05) is 15.4 Å². The molecule has 0 aliphatic carbocycles. The summed E-state index contributed by atoms with van der Waals surface area (Å²) in [6, 6.07) is 31.6. The molecule has 1 amide bonds. The van der Waals surface area contributed by atoms with Gasteiger partial charge in [0.25, 0.3) is 5.91 Å². The number of nitrogens with zero attached hydrogens (tertiary/aromatic N) is 2. The lowest BCUT2D eigenvalue weighted by Crippen LogP contribution is -2.24. The molecule has 182 valence electrons. The number of hydrazone groups is 1. The van der Waals surface area contributed by atoms with Gasteiger partial charge in [-0.15, -0.1) is 0 Å². The Labute approximate surface area is 221 Å². The van der Waals surface area contributed by atoms with Crippen molar-refractivity contribution in [3.8, 4) is 28.1 Å². The van der Waals surface area contributed by atoms with Crippen LogP contribution in [0.25, 0.3) is 33.3 Å². The molecule has 1 aromatic heterocycles. The van der Waals surface area contributed by atoms with Crippen molar-refractivity contribution in [2.45, 2.75) is 0 Å². The summed E-state index contributed by atoms with van der Waals surface area (Å²) < 4.78 is 19.5. The third-order valence-electron chi connectivity index (χ3n) is 5.65. The van der Waals surface area contributed by atoms with Gasteiger partial charge in [-0.25, -0.2) is 14.8 Å². The van der Waals surface area contributed by atoms with Gasteiger partial charge in [-0.3, -0.25) is 4.79 Å². The number of nitrogens with one attached hydrogen (secondary N) is 1. The number of pyridine rings is 1. The largest absolute Gasteiger partial charge is 0.484 e. The molecule has 0 aliphatic heterocycles. The van der Waals surface area contributed by atoms with Gasteiger partial charge in [0.2, 0.25) is 0 Å². The minimum absolute atomic E-state index is 0.193. The van der Waals surface area contributed by atoms with Crippen LogP contribution in [0.4, 0.5) is 4.39 Å². The topological polar surface area (TPSA) is 63.6 Å². The minimum Gasteiger partial charge on any atom is -0.484 e. The van der Waals surface area contributed by atoms with Gasteiger partial charge in [-0.1, -0.05) is 58.4 Å². The number of fused-ring (bicyclic) bond motifs is 1. The molecule has 0 atom stereocenters. The summed E-state index contributed by atoms with van der Waals surface area (Å²) in [5.41, 5.74) is 7.95. The monoisotopic (exact) mass is 553 g/mol. The first kappa shape index (κ1) is 24.3. The number of rotatable bonds is 7. The highest BCUT2D eigenvalue weighted by atomic mass is 79.9. The van der Waals surface area contributed by atoms with E-state index >= 15 is 0 Å². The molecule has 0 bridgehead atoms. The average Bonchev–Trinajstić information content (AvgIpc) is 2.93. The average molecular weight is 554 g/mol. The second kappa shape index (κ2) is 11.1. The molecule has 0 saturated heterocycles. The Hall–Kier alpha value is -4.36. The van der Waals surface area contributed by atoms with E-state index in [1.165, 1.54) is 18.3 Å². The van der Waals surface area contributed by atoms with Crippen LogP contribution in [-0.2, 0) is 4.79 Å². The van der Waals surface area contributed by atoms with Crippen LogP contribution in [0.15, 0.2) is 113 Å². The molecule has 4 aromatic carbocycles. The van der Waals surface area contributed by atoms with E-state index in [1.807, 2.05) is 42.5 Å².